The van der Waals surface area contributed by atoms with Crippen molar-refractivity contribution in [1.82, 2.24) is 14.6 Å². The molecule has 0 radical (unpaired) electrons. The lowest BCUT2D eigenvalue weighted by atomic mass is 10.1. The lowest BCUT2D eigenvalue weighted by Gasteiger charge is -2.05. The second-order valence-electron chi connectivity index (χ2n) is 6.00. The van der Waals surface area contributed by atoms with E-state index in [1.807, 2.05) is 0 Å². The standard InChI is InChI=1S/C16H19N3O3/c1-10(20)2-7-13(21)15-14(22)8-12(6-5-11-3-4-11)19-16(15)17-9-18-19/h8-9,11,21H,2-7H2,1H3. The van der Waals surface area contributed by atoms with Crippen molar-refractivity contribution in [3.05, 3.63) is 33.5 Å². The third-order valence-corrected chi connectivity index (χ3v) is 4.10. The molecule has 6 nitrogen and oxygen atoms in total. The second kappa shape index (κ2) is 5.87. The molecule has 0 atom stereocenters. The number of ketones is 1. The molecule has 1 aliphatic carbocycles. The maximum atomic E-state index is 12.4. The highest BCUT2D eigenvalue weighted by Gasteiger charge is 2.21. The van der Waals surface area contributed by atoms with Gasteiger partial charge in [0.15, 0.2) is 11.1 Å². The van der Waals surface area contributed by atoms with Crippen molar-refractivity contribution in [2.24, 2.45) is 5.92 Å². The van der Waals surface area contributed by atoms with Crippen LogP contribution in [0.25, 0.3) is 11.4 Å². The Kier molecular flexibility index (Phi) is 3.92. The zero-order valence-corrected chi connectivity index (χ0v) is 12.6. The fourth-order valence-corrected chi connectivity index (χ4v) is 2.64. The van der Waals surface area contributed by atoms with Crippen molar-refractivity contribution in [3.63, 3.8) is 0 Å². The van der Waals surface area contributed by atoms with Crippen LogP contribution in [0.3, 0.4) is 0 Å². The van der Waals surface area contributed by atoms with E-state index < -0.39 is 0 Å². The van der Waals surface area contributed by atoms with Crippen molar-refractivity contribution in [1.29, 1.82) is 0 Å². The predicted molar refractivity (Wildman–Crippen MR) is 81.5 cm³/mol. The Morgan fingerprint density at radius 2 is 2.18 bits per heavy atom. The first-order valence-corrected chi connectivity index (χ1v) is 7.63. The first-order chi connectivity index (χ1) is 10.6. The van der Waals surface area contributed by atoms with Crippen LogP contribution < -0.4 is 10.6 Å². The summed E-state index contributed by atoms with van der Waals surface area (Å²) in [6.07, 6.45) is 6.10. The Balaban J connectivity index is 2.04. The zero-order chi connectivity index (χ0) is 15.7. The highest BCUT2D eigenvalue weighted by molar-refractivity contribution is 5.76. The Hall–Kier alpha value is -2.24. The number of carbonyl (C=O) groups is 1. The zero-order valence-electron chi connectivity index (χ0n) is 12.6. The van der Waals surface area contributed by atoms with Crippen LogP contribution in [0.1, 0.15) is 44.7 Å². The molecular weight excluding hydrogens is 282 g/mol. The van der Waals surface area contributed by atoms with Gasteiger partial charge >= 0.3 is 0 Å². The number of aromatic nitrogens is 3. The third kappa shape index (κ3) is 3.00. The summed E-state index contributed by atoms with van der Waals surface area (Å²) in [7, 11) is 0. The number of hydrogen-bond acceptors (Lipinski definition) is 5. The first-order valence-electron chi connectivity index (χ1n) is 7.63. The number of hydrogen-bond donors (Lipinski definition) is 1. The van der Waals surface area contributed by atoms with Gasteiger partial charge in [-0.1, -0.05) is 12.8 Å². The third-order valence-electron chi connectivity index (χ3n) is 4.10. The van der Waals surface area contributed by atoms with Gasteiger partial charge in [-0.25, -0.2) is 9.50 Å². The predicted octanol–water partition coefficient (Wildman–Crippen LogP) is 1.19. The summed E-state index contributed by atoms with van der Waals surface area (Å²) in [4.78, 5) is 27.5. The first kappa shape index (κ1) is 14.7. The molecular formula is C16H19N3O3. The van der Waals surface area contributed by atoms with Crippen LogP contribution >= 0.6 is 0 Å². The number of aliphatic hydroxyl groups is 1. The van der Waals surface area contributed by atoms with Crippen LogP contribution in [0, 0.1) is 5.92 Å². The monoisotopic (exact) mass is 301 g/mol. The molecule has 1 N–H and O–H groups in total. The number of aryl methyl sites for hydroxylation is 1. The Morgan fingerprint density at radius 1 is 1.41 bits per heavy atom. The lowest BCUT2D eigenvalue weighted by Crippen LogP contribution is -2.31. The summed E-state index contributed by atoms with van der Waals surface area (Å²) < 4.78 is 1.63. The molecule has 0 aromatic carbocycles. The molecule has 1 aliphatic rings. The lowest BCUT2D eigenvalue weighted by molar-refractivity contribution is -0.116. The SMILES string of the molecule is CC(=O)CCC(O)=c1c(=O)cc(CCC2CC2)n2ncnc12. The van der Waals surface area contributed by atoms with E-state index >= 15 is 0 Å². The van der Waals surface area contributed by atoms with Crippen LogP contribution in [-0.4, -0.2) is 25.5 Å². The van der Waals surface area contributed by atoms with Crippen molar-refractivity contribution in [3.8, 4) is 0 Å². The highest BCUT2D eigenvalue weighted by Crippen LogP contribution is 2.33. The number of nitrogens with zero attached hydrogens (tertiary/aromatic N) is 3. The Bertz CT molecular complexity index is 821. The van der Waals surface area contributed by atoms with Gasteiger partial charge in [0.1, 0.15) is 23.1 Å². The number of Topliss-reactive ketones (excluding diaryl/α,β-unsaturated/α-hetero) is 1. The maximum Gasteiger partial charge on any atom is 0.194 e. The molecule has 6 heteroatoms. The molecule has 0 amide bonds. The molecule has 0 unspecified atom stereocenters. The van der Waals surface area contributed by atoms with Gasteiger partial charge in [-0.05, 0) is 25.7 Å². The van der Waals surface area contributed by atoms with Crippen LogP contribution in [0.4, 0.5) is 0 Å². The quantitative estimate of drug-likeness (QED) is 0.866. The second-order valence-corrected chi connectivity index (χ2v) is 6.00. The van der Waals surface area contributed by atoms with E-state index in [0.29, 0.717) is 5.65 Å². The van der Waals surface area contributed by atoms with E-state index in [0.717, 1.165) is 24.5 Å². The minimum absolute atomic E-state index is 0.0301. The van der Waals surface area contributed by atoms with Crippen LogP contribution in [0.15, 0.2) is 17.2 Å². The number of rotatable bonds is 6. The summed E-state index contributed by atoms with van der Waals surface area (Å²) in [5.41, 5.74) is 0.944. The number of pyridine rings is 1. The van der Waals surface area contributed by atoms with Gasteiger partial charge in [0.05, 0.1) is 0 Å². The molecule has 2 heterocycles. The number of carbonyl (C=O) groups excluding carboxylic acids is 1. The maximum absolute atomic E-state index is 12.4. The average molecular weight is 301 g/mol. The molecule has 1 saturated carbocycles. The fourth-order valence-electron chi connectivity index (χ4n) is 2.64. The average Bonchev–Trinajstić information content (AvgIpc) is 3.18. The van der Waals surface area contributed by atoms with E-state index in [2.05, 4.69) is 10.1 Å². The molecule has 2 aromatic rings. The van der Waals surface area contributed by atoms with E-state index in [-0.39, 0.29) is 35.0 Å². The van der Waals surface area contributed by atoms with Crippen molar-refractivity contribution < 1.29 is 9.90 Å². The van der Waals surface area contributed by atoms with Gasteiger partial charge in [0, 0.05) is 24.6 Å². The fraction of sp³-hybridized carbons (Fsp3) is 0.500. The molecule has 0 spiro atoms. The van der Waals surface area contributed by atoms with Gasteiger partial charge in [0.2, 0.25) is 0 Å². The number of fused-ring (bicyclic) bond motifs is 1. The van der Waals surface area contributed by atoms with E-state index in [1.165, 1.54) is 32.2 Å². The van der Waals surface area contributed by atoms with Gasteiger partial charge in [-0.15, -0.1) is 0 Å². The smallest absolute Gasteiger partial charge is 0.194 e. The van der Waals surface area contributed by atoms with E-state index in [1.54, 1.807) is 4.52 Å². The van der Waals surface area contributed by atoms with Crippen LogP contribution in [-0.2, 0) is 11.2 Å². The molecule has 1 fully saturated rings. The summed E-state index contributed by atoms with van der Waals surface area (Å²) in [6, 6.07) is 1.53. The minimum Gasteiger partial charge on any atom is -0.511 e. The Morgan fingerprint density at radius 3 is 2.86 bits per heavy atom. The molecule has 116 valence electrons. The molecule has 0 saturated heterocycles. The minimum atomic E-state index is -0.257. The van der Waals surface area contributed by atoms with Gasteiger partial charge in [-0.3, -0.25) is 4.79 Å². The van der Waals surface area contributed by atoms with Crippen LogP contribution in [0.5, 0.6) is 0 Å². The molecule has 22 heavy (non-hydrogen) atoms. The molecule has 0 aliphatic heterocycles. The van der Waals surface area contributed by atoms with E-state index in [9.17, 15) is 14.7 Å². The topological polar surface area (TPSA) is 84.6 Å². The summed E-state index contributed by atoms with van der Waals surface area (Å²) in [5.74, 6) is 0.647. The largest absolute Gasteiger partial charge is 0.511 e. The number of aliphatic hydroxyl groups excluding tert-OH is 1. The van der Waals surface area contributed by atoms with Gasteiger partial charge in [-0.2, -0.15) is 5.10 Å². The highest BCUT2D eigenvalue weighted by atomic mass is 16.3. The Labute approximate surface area is 127 Å². The van der Waals surface area contributed by atoms with Crippen molar-refractivity contribution in [2.45, 2.75) is 45.4 Å². The van der Waals surface area contributed by atoms with Crippen molar-refractivity contribution >= 4 is 17.2 Å². The summed E-state index contributed by atoms with van der Waals surface area (Å²) in [5, 5.41) is 14.5. The molecule has 0 bridgehead atoms. The summed E-state index contributed by atoms with van der Waals surface area (Å²) in [6.45, 7) is 1.46. The molecule has 2 aromatic heterocycles. The summed E-state index contributed by atoms with van der Waals surface area (Å²) >= 11 is 0. The van der Waals surface area contributed by atoms with Crippen LogP contribution in [0.2, 0.25) is 0 Å². The van der Waals surface area contributed by atoms with Crippen molar-refractivity contribution in [2.75, 3.05) is 0 Å². The van der Waals surface area contributed by atoms with Gasteiger partial charge in [0.25, 0.3) is 0 Å². The van der Waals surface area contributed by atoms with E-state index in [4.69, 9.17) is 0 Å². The van der Waals surface area contributed by atoms with Gasteiger partial charge < -0.3 is 9.90 Å². The normalized spacial score (nSPS) is 16.0. The molecule has 3 rings (SSSR count).